The number of hydrogen-bond acceptors (Lipinski definition) is 2. The van der Waals surface area contributed by atoms with Crippen LogP contribution in [-0.4, -0.2) is 37.0 Å². The first-order valence-corrected chi connectivity index (χ1v) is 8.75. The van der Waals surface area contributed by atoms with Crippen LogP contribution in [0.15, 0.2) is 48.5 Å². The quantitative estimate of drug-likeness (QED) is 0.822. The molecule has 0 unspecified atom stereocenters. The number of carbonyl (C=O) groups excluding carboxylic acids is 1. The maximum atomic E-state index is 13.4. The number of para-hydroxylation sites is 1. The summed E-state index contributed by atoms with van der Waals surface area (Å²) in [5.41, 5.74) is 3.06. The molecule has 25 heavy (non-hydrogen) atoms. The summed E-state index contributed by atoms with van der Waals surface area (Å²) in [7, 11) is 0. The number of nitrogens with zero attached hydrogens (tertiary/aromatic N) is 2. The third-order valence-corrected chi connectivity index (χ3v) is 4.69. The van der Waals surface area contributed by atoms with Crippen LogP contribution in [0, 0.1) is 5.82 Å². The third-order valence-electron chi connectivity index (χ3n) is 4.69. The van der Waals surface area contributed by atoms with E-state index in [0.29, 0.717) is 18.7 Å². The molecule has 4 heteroatoms. The van der Waals surface area contributed by atoms with Crippen molar-refractivity contribution in [3.8, 4) is 0 Å². The minimum absolute atomic E-state index is 0.0745. The van der Waals surface area contributed by atoms with E-state index >= 15 is 0 Å². The van der Waals surface area contributed by atoms with Crippen molar-refractivity contribution in [1.82, 2.24) is 4.90 Å². The Labute approximate surface area is 149 Å². The van der Waals surface area contributed by atoms with Gasteiger partial charge in [-0.2, -0.15) is 0 Å². The van der Waals surface area contributed by atoms with Crippen LogP contribution in [0.1, 0.15) is 36.7 Å². The second-order valence-corrected chi connectivity index (χ2v) is 7.56. The topological polar surface area (TPSA) is 23.6 Å². The highest BCUT2D eigenvalue weighted by molar-refractivity contribution is 5.94. The molecule has 0 spiro atoms. The van der Waals surface area contributed by atoms with Crippen molar-refractivity contribution in [3.05, 3.63) is 65.5 Å². The van der Waals surface area contributed by atoms with E-state index < -0.39 is 0 Å². The highest BCUT2D eigenvalue weighted by Crippen LogP contribution is 2.32. The van der Waals surface area contributed by atoms with Gasteiger partial charge < -0.3 is 9.80 Å². The highest BCUT2D eigenvalue weighted by Gasteiger charge is 2.26. The molecule has 1 amide bonds. The minimum atomic E-state index is -0.372. The standard InChI is InChI=1S/C21H25FN2O/c1-21(2,3)18-9-4-5-10-19(18)23-11-13-24(14-12-23)20(25)16-7-6-8-17(22)15-16/h4-10,15H,11-14H2,1-3H3. The first kappa shape index (κ1) is 17.5. The summed E-state index contributed by atoms with van der Waals surface area (Å²) >= 11 is 0. The van der Waals surface area contributed by atoms with E-state index in [9.17, 15) is 9.18 Å². The molecule has 0 saturated carbocycles. The summed E-state index contributed by atoms with van der Waals surface area (Å²) in [5, 5.41) is 0. The van der Waals surface area contributed by atoms with Gasteiger partial charge in [-0.3, -0.25) is 4.79 Å². The third kappa shape index (κ3) is 3.84. The molecule has 0 radical (unpaired) electrons. The molecule has 1 fully saturated rings. The van der Waals surface area contributed by atoms with Gasteiger partial charge >= 0.3 is 0 Å². The second-order valence-electron chi connectivity index (χ2n) is 7.56. The number of anilines is 1. The molecule has 1 heterocycles. The predicted molar refractivity (Wildman–Crippen MR) is 99.7 cm³/mol. The smallest absolute Gasteiger partial charge is 0.254 e. The molecule has 2 aromatic carbocycles. The number of amides is 1. The number of carbonyl (C=O) groups is 1. The maximum Gasteiger partial charge on any atom is 0.254 e. The number of rotatable bonds is 2. The SMILES string of the molecule is CC(C)(C)c1ccccc1N1CCN(C(=O)c2cccc(F)c2)CC1. The average molecular weight is 340 g/mol. The van der Waals surface area contributed by atoms with Gasteiger partial charge in [0.1, 0.15) is 5.82 Å². The fourth-order valence-corrected chi connectivity index (χ4v) is 3.34. The van der Waals surface area contributed by atoms with Crippen molar-refractivity contribution in [2.24, 2.45) is 0 Å². The van der Waals surface area contributed by atoms with Crippen LogP contribution < -0.4 is 4.90 Å². The monoisotopic (exact) mass is 340 g/mol. The number of halogens is 1. The van der Waals surface area contributed by atoms with E-state index in [2.05, 4.69) is 49.9 Å². The van der Waals surface area contributed by atoms with Crippen molar-refractivity contribution in [2.75, 3.05) is 31.1 Å². The largest absolute Gasteiger partial charge is 0.368 e. The van der Waals surface area contributed by atoms with E-state index in [1.165, 1.54) is 23.4 Å². The Balaban J connectivity index is 1.72. The molecule has 1 aliphatic rings. The molecule has 2 aromatic rings. The Morgan fingerprint density at radius 2 is 1.64 bits per heavy atom. The highest BCUT2D eigenvalue weighted by atomic mass is 19.1. The average Bonchev–Trinajstić information content (AvgIpc) is 2.60. The number of piperazine rings is 1. The lowest BCUT2D eigenvalue weighted by Gasteiger charge is -2.38. The van der Waals surface area contributed by atoms with E-state index in [4.69, 9.17) is 0 Å². The minimum Gasteiger partial charge on any atom is -0.368 e. The summed E-state index contributed by atoms with van der Waals surface area (Å²) in [6.07, 6.45) is 0. The van der Waals surface area contributed by atoms with E-state index in [-0.39, 0.29) is 17.1 Å². The van der Waals surface area contributed by atoms with Crippen molar-refractivity contribution in [2.45, 2.75) is 26.2 Å². The summed E-state index contributed by atoms with van der Waals surface area (Å²) in [5.74, 6) is -0.466. The lowest BCUT2D eigenvalue weighted by Crippen LogP contribution is -2.49. The summed E-state index contributed by atoms with van der Waals surface area (Å²) in [6, 6.07) is 14.4. The van der Waals surface area contributed by atoms with E-state index in [1.807, 2.05) is 4.90 Å². The second kappa shape index (κ2) is 6.87. The molecule has 0 aromatic heterocycles. The van der Waals surface area contributed by atoms with Gasteiger partial charge in [0, 0.05) is 37.4 Å². The molecule has 0 N–H and O–H groups in total. The molecule has 0 atom stereocenters. The van der Waals surface area contributed by atoms with Crippen LogP contribution >= 0.6 is 0 Å². The van der Waals surface area contributed by atoms with Gasteiger partial charge in [0.15, 0.2) is 0 Å². The van der Waals surface area contributed by atoms with Gasteiger partial charge in [-0.05, 0) is 35.2 Å². The maximum absolute atomic E-state index is 13.4. The van der Waals surface area contributed by atoms with Crippen LogP contribution in [0.4, 0.5) is 10.1 Å². The van der Waals surface area contributed by atoms with Gasteiger partial charge in [0.2, 0.25) is 0 Å². The van der Waals surface area contributed by atoms with Gasteiger partial charge in [-0.25, -0.2) is 4.39 Å². The molecule has 0 bridgehead atoms. The lowest BCUT2D eigenvalue weighted by molar-refractivity contribution is 0.0746. The van der Waals surface area contributed by atoms with Gasteiger partial charge in [-0.15, -0.1) is 0 Å². The predicted octanol–water partition coefficient (Wildman–Crippen LogP) is 4.09. The van der Waals surface area contributed by atoms with Crippen molar-refractivity contribution < 1.29 is 9.18 Å². The number of benzene rings is 2. The summed E-state index contributed by atoms with van der Waals surface area (Å²) in [4.78, 5) is 16.7. The molecule has 0 aliphatic carbocycles. The summed E-state index contributed by atoms with van der Waals surface area (Å²) in [6.45, 7) is 9.52. The van der Waals surface area contributed by atoms with Crippen LogP contribution in [-0.2, 0) is 5.41 Å². The fraction of sp³-hybridized carbons (Fsp3) is 0.381. The van der Waals surface area contributed by atoms with Gasteiger partial charge in [0.05, 0.1) is 0 Å². The van der Waals surface area contributed by atoms with Crippen LogP contribution in [0.2, 0.25) is 0 Å². The van der Waals surface area contributed by atoms with Crippen LogP contribution in [0.25, 0.3) is 0 Å². The Hall–Kier alpha value is -2.36. The molecular formula is C21H25FN2O. The molecule has 1 aliphatic heterocycles. The van der Waals surface area contributed by atoms with Crippen molar-refractivity contribution >= 4 is 11.6 Å². The fourth-order valence-electron chi connectivity index (χ4n) is 3.34. The lowest BCUT2D eigenvalue weighted by atomic mass is 9.85. The Morgan fingerprint density at radius 1 is 0.960 bits per heavy atom. The van der Waals surface area contributed by atoms with Gasteiger partial charge in [0.25, 0.3) is 5.91 Å². The Kier molecular flexibility index (Phi) is 4.80. The normalized spacial score (nSPS) is 15.4. The first-order chi connectivity index (χ1) is 11.9. The first-order valence-electron chi connectivity index (χ1n) is 8.75. The van der Waals surface area contributed by atoms with E-state index in [0.717, 1.165) is 13.1 Å². The van der Waals surface area contributed by atoms with Crippen molar-refractivity contribution in [1.29, 1.82) is 0 Å². The molecule has 3 nitrogen and oxygen atoms in total. The zero-order valence-electron chi connectivity index (χ0n) is 15.1. The van der Waals surface area contributed by atoms with Gasteiger partial charge in [-0.1, -0.05) is 45.0 Å². The van der Waals surface area contributed by atoms with E-state index in [1.54, 1.807) is 12.1 Å². The molecular weight excluding hydrogens is 315 g/mol. The zero-order chi connectivity index (χ0) is 18.0. The zero-order valence-corrected chi connectivity index (χ0v) is 15.1. The number of hydrogen-bond donors (Lipinski definition) is 0. The summed E-state index contributed by atoms with van der Waals surface area (Å²) < 4.78 is 13.4. The molecule has 132 valence electrons. The van der Waals surface area contributed by atoms with Crippen LogP contribution in [0.5, 0.6) is 0 Å². The molecule has 1 saturated heterocycles. The molecule has 3 rings (SSSR count). The van der Waals surface area contributed by atoms with Crippen molar-refractivity contribution in [3.63, 3.8) is 0 Å². The Bertz CT molecular complexity index is 758. The Morgan fingerprint density at radius 3 is 2.28 bits per heavy atom. The van der Waals surface area contributed by atoms with Crippen LogP contribution in [0.3, 0.4) is 0 Å².